The molecule has 1 aliphatic carbocycles. The van der Waals surface area contributed by atoms with Crippen molar-refractivity contribution in [3.63, 3.8) is 0 Å². The van der Waals surface area contributed by atoms with Crippen molar-refractivity contribution in [1.29, 1.82) is 0 Å². The summed E-state index contributed by atoms with van der Waals surface area (Å²) >= 11 is 0. The maximum Gasteiger partial charge on any atom is 0.324 e. The van der Waals surface area contributed by atoms with E-state index in [1.807, 2.05) is 0 Å². The van der Waals surface area contributed by atoms with Gasteiger partial charge in [0.2, 0.25) is 10.0 Å². The number of amides is 2. The number of carbonyl (C=O) groups is 3. The molecule has 0 radical (unpaired) electrons. The maximum atomic E-state index is 12.3. The minimum atomic E-state index is -3.91. The molecular formula is C21H23N3O6S. The molecule has 0 spiro atoms. The average Bonchev–Trinajstić information content (AvgIpc) is 3.56. The van der Waals surface area contributed by atoms with Crippen molar-refractivity contribution in [3.8, 4) is 0 Å². The van der Waals surface area contributed by atoms with Crippen molar-refractivity contribution < 1.29 is 27.5 Å². The molecule has 1 saturated carbocycles. The number of carbonyl (C=O) groups excluding carboxylic acids is 3. The van der Waals surface area contributed by atoms with Gasteiger partial charge >= 0.3 is 5.97 Å². The summed E-state index contributed by atoms with van der Waals surface area (Å²) in [7, 11) is -3.91. The molecule has 2 amide bonds. The van der Waals surface area contributed by atoms with Crippen LogP contribution in [-0.2, 0) is 24.3 Å². The van der Waals surface area contributed by atoms with Crippen LogP contribution in [0.4, 0.5) is 5.69 Å². The molecule has 2 aromatic carbocycles. The highest BCUT2D eigenvalue weighted by Crippen LogP contribution is 2.21. The SMILES string of the molecule is CC(NS(=O)(=O)c1ccccc1)C(=O)OCC(=O)Nc1ccccc1C(=O)NC1CC1. The van der Waals surface area contributed by atoms with E-state index in [4.69, 9.17) is 4.74 Å². The van der Waals surface area contributed by atoms with Gasteiger partial charge in [0.25, 0.3) is 11.8 Å². The second kappa shape index (κ2) is 9.71. The van der Waals surface area contributed by atoms with E-state index in [2.05, 4.69) is 15.4 Å². The van der Waals surface area contributed by atoms with Crippen LogP contribution in [0.25, 0.3) is 0 Å². The number of ether oxygens (including phenoxy) is 1. The number of hydrogen-bond acceptors (Lipinski definition) is 6. The Morgan fingerprint density at radius 3 is 2.35 bits per heavy atom. The Bertz CT molecular complexity index is 1070. The van der Waals surface area contributed by atoms with Crippen LogP contribution >= 0.6 is 0 Å². The highest BCUT2D eigenvalue weighted by molar-refractivity contribution is 7.89. The van der Waals surface area contributed by atoms with Gasteiger partial charge in [-0.1, -0.05) is 30.3 Å². The summed E-state index contributed by atoms with van der Waals surface area (Å²) in [6, 6.07) is 13.0. The number of anilines is 1. The summed E-state index contributed by atoms with van der Waals surface area (Å²) in [5, 5.41) is 5.38. The molecule has 0 aromatic heterocycles. The van der Waals surface area contributed by atoms with Crippen molar-refractivity contribution in [2.75, 3.05) is 11.9 Å². The second-order valence-electron chi connectivity index (χ2n) is 7.11. The van der Waals surface area contributed by atoms with Crippen LogP contribution in [-0.4, -0.2) is 44.9 Å². The highest BCUT2D eigenvalue weighted by Gasteiger charge is 2.26. The van der Waals surface area contributed by atoms with Crippen LogP contribution in [0.2, 0.25) is 0 Å². The van der Waals surface area contributed by atoms with Gasteiger partial charge in [-0.3, -0.25) is 14.4 Å². The van der Waals surface area contributed by atoms with Crippen molar-refractivity contribution in [1.82, 2.24) is 10.0 Å². The summed E-state index contributed by atoms with van der Waals surface area (Å²) in [4.78, 5) is 36.6. The van der Waals surface area contributed by atoms with Crippen LogP contribution in [0.15, 0.2) is 59.5 Å². The number of hydrogen-bond donors (Lipinski definition) is 3. The van der Waals surface area contributed by atoms with Crippen LogP contribution in [0.5, 0.6) is 0 Å². The zero-order valence-electron chi connectivity index (χ0n) is 16.8. The number of esters is 1. The van der Waals surface area contributed by atoms with Crippen LogP contribution in [0.1, 0.15) is 30.1 Å². The molecule has 1 fully saturated rings. The fourth-order valence-electron chi connectivity index (χ4n) is 2.68. The molecule has 1 unspecified atom stereocenters. The minimum absolute atomic E-state index is 0.00785. The maximum absolute atomic E-state index is 12.3. The molecule has 164 valence electrons. The fraction of sp³-hybridized carbons (Fsp3) is 0.286. The van der Waals surface area contributed by atoms with E-state index in [9.17, 15) is 22.8 Å². The first kappa shape index (κ1) is 22.4. The molecule has 0 heterocycles. The Morgan fingerprint density at radius 1 is 1.03 bits per heavy atom. The monoisotopic (exact) mass is 445 g/mol. The standard InChI is InChI=1S/C21H23N3O6S/c1-14(24-31(28,29)16-7-3-2-4-8-16)21(27)30-13-19(25)23-18-10-6-5-9-17(18)20(26)22-15-11-12-15/h2-10,14-15,24H,11-13H2,1H3,(H,22,26)(H,23,25). The number of sulfonamides is 1. The normalized spacial score (nSPS) is 14.4. The highest BCUT2D eigenvalue weighted by atomic mass is 32.2. The van der Waals surface area contributed by atoms with E-state index >= 15 is 0 Å². The van der Waals surface area contributed by atoms with Gasteiger partial charge in [0.05, 0.1) is 16.1 Å². The van der Waals surface area contributed by atoms with E-state index in [1.165, 1.54) is 19.1 Å². The molecule has 9 nitrogen and oxygen atoms in total. The third-order valence-electron chi connectivity index (χ3n) is 4.44. The lowest BCUT2D eigenvalue weighted by molar-refractivity contribution is -0.148. The lowest BCUT2D eigenvalue weighted by atomic mass is 10.1. The predicted octanol–water partition coefficient (Wildman–Crippen LogP) is 1.43. The molecule has 1 aliphatic rings. The van der Waals surface area contributed by atoms with Gasteiger partial charge in [-0.25, -0.2) is 8.42 Å². The van der Waals surface area contributed by atoms with Crippen LogP contribution in [0, 0.1) is 0 Å². The second-order valence-corrected chi connectivity index (χ2v) is 8.82. The molecule has 3 N–H and O–H groups in total. The number of nitrogens with one attached hydrogen (secondary N) is 3. The van der Waals surface area contributed by atoms with E-state index < -0.39 is 34.5 Å². The van der Waals surface area contributed by atoms with Gasteiger partial charge in [0.15, 0.2) is 6.61 Å². The quantitative estimate of drug-likeness (QED) is 0.501. The zero-order valence-corrected chi connectivity index (χ0v) is 17.6. The van der Waals surface area contributed by atoms with Gasteiger partial charge in [-0.15, -0.1) is 0 Å². The molecule has 1 atom stereocenters. The van der Waals surface area contributed by atoms with Gasteiger partial charge in [0.1, 0.15) is 6.04 Å². The van der Waals surface area contributed by atoms with Crippen LogP contribution in [0.3, 0.4) is 0 Å². The predicted molar refractivity (Wildman–Crippen MR) is 113 cm³/mol. The Labute approximate surface area is 180 Å². The molecule has 31 heavy (non-hydrogen) atoms. The molecule has 3 rings (SSSR count). The van der Waals surface area contributed by atoms with Gasteiger partial charge < -0.3 is 15.4 Å². The van der Waals surface area contributed by atoms with Crippen LogP contribution < -0.4 is 15.4 Å². The van der Waals surface area contributed by atoms with Crippen molar-refractivity contribution >= 4 is 33.5 Å². The Kier molecular flexibility index (Phi) is 7.03. The third kappa shape index (κ3) is 6.37. The Hall–Kier alpha value is -3.24. The topological polar surface area (TPSA) is 131 Å². The summed E-state index contributed by atoms with van der Waals surface area (Å²) in [6.45, 7) is 0.688. The molecule has 0 aliphatic heterocycles. The Balaban J connectivity index is 1.52. The van der Waals surface area contributed by atoms with E-state index in [1.54, 1.807) is 42.5 Å². The largest absolute Gasteiger partial charge is 0.454 e. The zero-order chi connectivity index (χ0) is 22.4. The Morgan fingerprint density at radius 2 is 1.68 bits per heavy atom. The molecule has 0 saturated heterocycles. The molecule has 2 aromatic rings. The molecular weight excluding hydrogens is 422 g/mol. The third-order valence-corrected chi connectivity index (χ3v) is 6.00. The minimum Gasteiger partial charge on any atom is -0.454 e. The van der Waals surface area contributed by atoms with Gasteiger partial charge in [-0.2, -0.15) is 4.72 Å². The first-order chi connectivity index (χ1) is 14.8. The average molecular weight is 445 g/mol. The smallest absolute Gasteiger partial charge is 0.324 e. The number of rotatable bonds is 9. The number of para-hydroxylation sites is 1. The number of benzene rings is 2. The van der Waals surface area contributed by atoms with Gasteiger partial charge in [-0.05, 0) is 44.0 Å². The molecule has 10 heteroatoms. The lowest BCUT2D eigenvalue weighted by Gasteiger charge is -2.14. The van der Waals surface area contributed by atoms with E-state index in [0.29, 0.717) is 11.3 Å². The van der Waals surface area contributed by atoms with Gasteiger partial charge in [0, 0.05) is 6.04 Å². The fourth-order valence-corrected chi connectivity index (χ4v) is 3.89. The first-order valence-electron chi connectivity index (χ1n) is 9.70. The van der Waals surface area contributed by atoms with Crippen molar-refractivity contribution in [2.24, 2.45) is 0 Å². The lowest BCUT2D eigenvalue weighted by Crippen LogP contribution is -2.40. The van der Waals surface area contributed by atoms with Crippen molar-refractivity contribution in [3.05, 3.63) is 60.2 Å². The van der Waals surface area contributed by atoms with E-state index in [0.717, 1.165) is 12.8 Å². The molecule has 0 bridgehead atoms. The first-order valence-corrected chi connectivity index (χ1v) is 11.2. The summed E-state index contributed by atoms with van der Waals surface area (Å²) in [5.41, 5.74) is 0.595. The van der Waals surface area contributed by atoms with E-state index in [-0.39, 0.29) is 16.8 Å². The summed E-state index contributed by atoms with van der Waals surface area (Å²) < 4.78 is 31.7. The summed E-state index contributed by atoms with van der Waals surface area (Å²) in [6.07, 6.45) is 1.87. The van der Waals surface area contributed by atoms with Crippen molar-refractivity contribution in [2.45, 2.75) is 36.7 Å². The summed E-state index contributed by atoms with van der Waals surface area (Å²) in [5.74, 6) is -1.85.